The molecular weight excluding hydrogens is 281 g/mol. The van der Waals surface area contributed by atoms with E-state index in [0.717, 1.165) is 36.5 Å². The van der Waals surface area contributed by atoms with E-state index in [0.29, 0.717) is 13.1 Å². The minimum Gasteiger partial charge on any atom is -0.306 e. The molecule has 1 aromatic heterocycles. The highest BCUT2D eigenvalue weighted by Gasteiger charge is 2.29. The van der Waals surface area contributed by atoms with E-state index in [1.807, 2.05) is 4.68 Å². The Kier molecular flexibility index (Phi) is 4.95. The fourth-order valence-electron chi connectivity index (χ4n) is 1.95. The van der Waals surface area contributed by atoms with Gasteiger partial charge in [-0.25, -0.2) is 9.67 Å². The van der Waals surface area contributed by atoms with Crippen molar-refractivity contribution in [3.63, 3.8) is 0 Å². The molecule has 0 saturated heterocycles. The summed E-state index contributed by atoms with van der Waals surface area (Å²) < 4.78 is 39.1. The molecule has 21 heavy (non-hydrogen) atoms. The minimum absolute atomic E-state index is 0.483. The summed E-state index contributed by atoms with van der Waals surface area (Å²) in [6.45, 7) is 3.87. The lowest BCUT2D eigenvalue weighted by atomic mass is 10.1. The molecule has 7 heteroatoms. The maximum absolute atomic E-state index is 12.4. The molecule has 1 N–H and O–H groups in total. The van der Waals surface area contributed by atoms with Crippen LogP contribution in [0.15, 0.2) is 30.6 Å². The monoisotopic (exact) mass is 298 g/mol. The van der Waals surface area contributed by atoms with E-state index in [2.05, 4.69) is 22.3 Å². The van der Waals surface area contributed by atoms with Gasteiger partial charge in [0.2, 0.25) is 0 Å². The first-order valence-electron chi connectivity index (χ1n) is 6.74. The van der Waals surface area contributed by atoms with Crippen LogP contribution in [0, 0.1) is 0 Å². The summed E-state index contributed by atoms with van der Waals surface area (Å²) in [6, 6.07) is 5.15. The minimum atomic E-state index is -4.29. The van der Waals surface area contributed by atoms with Gasteiger partial charge in [-0.2, -0.15) is 18.3 Å². The van der Waals surface area contributed by atoms with E-state index in [9.17, 15) is 13.2 Å². The number of benzene rings is 1. The van der Waals surface area contributed by atoms with Crippen molar-refractivity contribution in [3.05, 3.63) is 47.5 Å². The summed E-state index contributed by atoms with van der Waals surface area (Å²) in [6.07, 6.45) is -1.82. The molecule has 0 radical (unpaired) electrons. The molecule has 0 aliphatic heterocycles. The molecule has 0 saturated carbocycles. The summed E-state index contributed by atoms with van der Waals surface area (Å²) in [5.41, 5.74) is 0.165. The molecule has 0 aliphatic rings. The number of hydrogen-bond acceptors (Lipinski definition) is 3. The molecule has 0 aliphatic carbocycles. The molecule has 0 spiro atoms. The van der Waals surface area contributed by atoms with Crippen LogP contribution in [0.2, 0.25) is 0 Å². The lowest BCUT2D eigenvalue weighted by molar-refractivity contribution is -0.137. The second-order valence-corrected chi connectivity index (χ2v) is 4.70. The largest absolute Gasteiger partial charge is 0.416 e. The second-order valence-electron chi connectivity index (χ2n) is 4.70. The van der Waals surface area contributed by atoms with Gasteiger partial charge in [-0.15, -0.1) is 0 Å². The van der Waals surface area contributed by atoms with Gasteiger partial charge in [0.1, 0.15) is 12.2 Å². The van der Waals surface area contributed by atoms with Crippen molar-refractivity contribution >= 4 is 0 Å². The normalized spacial score (nSPS) is 11.8. The van der Waals surface area contributed by atoms with Gasteiger partial charge in [0.15, 0.2) is 0 Å². The van der Waals surface area contributed by atoms with Gasteiger partial charge >= 0.3 is 6.18 Å². The first-order valence-corrected chi connectivity index (χ1v) is 6.74. The van der Waals surface area contributed by atoms with E-state index in [1.54, 1.807) is 0 Å². The molecule has 0 atom stereocenters. The zero-order valence-electron chi connectivity index (χ0n) is 11.7. The predicted octanol–water partition coefficient (Wildman–Crippen LogP) is 3.00. The van der Waals surface area contributed by atoms with Gasteiger partial charge in [0, 0.05) is 13.1 Å². The van der Waals surface area contributed by atoms with E-state index in [1.165, 1.54) is 18.5 Å². The quantitative estimate of drug-likeness (QED) is 0.891. The number of nitrogens with one attached hydrogen (secondary N) is 1. The Morgan fingerprint density at radius 1 is 1.14 bits per heavy atom. The second kappa shape index (κ2) is 6.71. The van der Waals surface area contributed by atoms with Crippen molar-refractivity contribution in [3.8, 4) is 0 Å². The molecule has 1 heterocycles. The molecule has 2 rings (SSSR count). The molecule has 0 unspecified atom stereocenters. The van der Waals surface area contributed by atoms with E-state index in [-0.39, 0.29) is 0 Å². The van der Waals surface area contributed by atoms with Crippen molar-refractivity contribution in [2.75, 3.05) is 0 Å². The topological polar surface area (TPSA) is 42.7 Å². The van der Waals surface area contributed by atoms with Crippen LogP contribution in [0.25, 0.3) is 0 Å². The smallest absolute Gasteiger partial charge is 0.306 e. The molecule has 114 valence electrons. The first kappa shape index (κ1) is 15.5. The fourth-order valence-corrected chi connectivity index (χ4v) is 1.95. The highest BCUT2D eigenvalue weighted by molar-refractivity contribution is 5.24. The maximum atomic E-state index is 12.4. The van der Waals surface area contributed by atoms with Crippen LogP contribution in [0.5, 0.6) is 0 Å². The third kappa shape index (κ3) is 4.29. The molecule has 0 amide bonds. The molecule has 0 bridgehead atoms. The zero-order valence-corrected chi connectivity index (χ0v) is 11.7. The highest BCUT2D eigenvalue weighted by Crippen LogP contribution is 2.28. The van der Waals surface area contributed by atoms with Gasteiger partial charge in [-0.1, -0.05) is 19.1 Å². The van der Waals surface area contributed by atoms with Crippen LogP contribution in [0.4, 0.5) is 13.2 Å². The van der Waals surface area contributed by atoms with Crippen molar-refractivity contribution < 1.29 is 13.2 Å². The number of hydrogen-bond donors (Lipinski definition) is 1. The summed E-state index contributed by atoms with van der Waals surface area (Å²) in [5.74, 6) is 0.823. The van der Waals surface area contributed by atoms with Gasteiger partial charge in [0.25, 0.3) is 0 Å². The van der Waals surface area contributed by atoms with Gasteiger partial charge in [-0.3, -0.25) is 0 Å². The van der Waals surface area contributed by atoms with Crippen molar-refractivity contribution in [2.45, 2.75) is 39.2 Å². The average Bonchev–Trinajstić information content (AvgIpc) is 2.86. The SMILES string of the molecule is CCCn1ncnc1CNCc1ccc(C(F)(F)F)cc1. The van der Waals surface area contributed by atoms with Crippen LogP contribution in [0.1, 0.15) is 30.3 Å². The molecule has 0 fully saturated rings. The number of halogens is 3. The first-order chi connectivity index (χ1) is 10.0. The Hall–Kier alpha value is -1.89. The highest BCUT2D eigenvalue weighted by atomic mass is 19.4. The third-order valence-corrected chi connectivity index (χ3v) is 3.02. The van der Waals surface area contributed by atoms with E-state index >= 15 is 0 Å². The van der Waals surface area contributed by atoms with E-state index in [4.69, 9.17) is 0 Å². The van der Waals surface area contributed by atoms with Crippen LogP contribution >= 0.6 is 0 Å². The lowest BCUT2D eigenvalue weighted by Crippen LogP contribution is -2.17. The van der Waals surface area contributed by atoms with Crippen LogP contribution < -0.4 is 5.32 Å². The number of aryl methyl sites for hydroxylation is 1. The summed E-state index contributed by atoms with van der Waals surface area (Å²) >= 11 is 0. The Morgan fingerprint density at radius 2 is 1.86 bits per heavy atom. The van der Waals surface area contributed by atoms with Crippen LogP contribution in [0.3, 0.4) is 0 Å². The van der Waals surface area contributed by atoms with Crippen molar-refractivity contribution in [2.24, 2.45) is 0 Å². The van der Waals surface area contributed by atoms with Crippen LogP contribution in [-0.4, -0.2) is 14.8 Å². The standard InChI is InChI=1S/C14H17F3N4/c1-2-7-21-13(19-10-20-21)9-18-8-11-3-5-12(6-4-11)14(15,16)17/h3-6,10,18H,2,7-9H2,1H3. The zero-order chi connectivity index (χ0) is 15.3. The Labute approximate surface area is 121 Å². The Morgan fingerprint density at radius 3 is 2.48 bits per heavy atom. The van der Waals surface area contributed by atoms with Crippen LogP contribution in [-0.2, 0) is 25.8 Å². The maximum Gasteiger partial charge on any atom is 0.416 e. The van der Waals surface area contributed by atoms with Crippen molar-refractivity contribution in [1.29, 1.82) is 0 Å². The summed E-state index contributed by atoms with van der Waals surface area (Å²) in [5, 5.41) is 7.27. The molecule has 1 aromatic carbocycles. The van der Waals surface area contributed by atoms with Gasteiger partial charge in [-0.05, 0) is 24.1 Å². The average molecular weight is 298 g/mol. The number of rotatable bonds is 6. The fraction of sp³-hybridized carbons (Fsp3) is 0.429. The number of nitrogens with zero attached hydrogens (tertiary/aromatic N) is 3. The number of alkyl halides is 3. The molecule has 2 aromatic rings. The molecule has 4 nitrogen and oxygen atoms in total. The van der Waals surface area contributed by atoms with Gasteiger partial charge in [0.05, 0.1) is 12.1 Å². The predicted molar refractivity (Wildman–Crippen MR) is 72.3 cm³/mol. The Bertz CT molecular complexity index is 560. The lowest BCUT2D eigenvalue weighted by Gasteiger charge is -2.09. The summed E-state index contributed by atoms with van der Waals surface area (Å²) in [4.78, 5) is 4.15. The number of aromatic nitrogens is 3. The third-order valence-electron chi connectivity index (χ3n) is 3.02. The van der Waals surface area contributed by atoms with Crippen molar-refractivity contribution in [1.82, 2.24) is 20.1 Å². The Balaban J connectivity index is 1.87. The molecular formula is C14H17F3N4. The van der Waals surface area contributed by atoms with E-state index < -0.39 is 11.7 Å². The summed E-state index contributed by atoms with van der Waals surface area (Å²) in [7, 11) is 0. The van der Waals surface area contributed by atoms with Gasteiger partial charge < -0.3 is 5.32 Å².